The highest BCUT2D eigenvalue weighted by Gasteiger charge is 2.21. The Labute approximate surface area is 90.8 Å². The molecule has 1 heterocycles. The highest BCUT2D eigenvalue weighted by atomic mass is 14.9. The van der Waals surface area contributed by atoms with Crippen LogP contribution in [0.4, 0.5) is 5.69 Å². The lowest BCUT2D eigenvalue weighted by Crippen LogP contribution is -2.34. The minimum Gasteiger partial charge on any atom is -0.399 e. The van der Waals surface area contributed by atoms with Crippen LogP contribution in [0.15, 0.2) is 24.3 Å². The van der Waals surface area contributed by atoms with Gasteiger partial charge < -0.3 is 16.8 Å². The highest BCUT2D eigenvalue weighted by Crippen LogP contribution is 2.27. The Hall–Kier alpha value is -1.06. The van der Waals surface area contributed by atoms with E-state index in [1.54, 1.807) is 0 Å². The third-order valence-corrected chi connectivity index (χ3v) is 3.16. The molecular weight excluding hydrogens is 186 g/mol. The lowest BCUT2D eigenvalue weighted by molar-refractivity contribution is 0.312. The van der Waals surface area contributed by atoms with Crippen molar-refractivity contribution in [3.05, 3.63) is 29.8 Å². The van der Waals surface area contributed by atoms with E-state index in [9.17, 15) is 0 Å². The van der Waals surface area contributed by atoms with E-state index in [1.165, 1.54) is 12.0 Å². The van der Waals surface area contributed by atoms with Gasteiger partial charge in [-0.15, -0.1) is 0 Å². The molecule has 1 saturated heterocycles. The number of nitrogen functional groups attached to an aromatic ring is 1. The molecule has 1 aliphatic heterocycles. The van der Waals surface area contributed by atoms with Crippen LogP contribution in [-0.4, -0.2) is 13.1 Å². The van der Waals surface area contributed by atoms with E-state index < -0.39 is 0 Å². The van der Waals surface area contributed by atoms with Crippen LogP contribution in [0.5, 0.6) is 0 Å². The summed E-state index contributed by atoms with van der Waals surface area (Å²) in [6.07, 6.45) is 2.31. The maximum Gasteiger partial charge on any atom is 0.0324 e. The Balaban J connectivity index is 2.09. The molecule has 3 nitrogen and oxygen atoms in total. The fourth-order valence-corrected chi connectivity index (χ4v) is 2.24. The van der Waals surface area contributed by atoms with Gasteiger partial charge in [0, 0.05) is 11.7 Å². The average molecular weight is 205 g/mol. The first-order valence-electron chi connectivity index (χ1n) is 5.58. The number of anilines is 1. The molecule has 1 aliphatic rings. The van der Waals surface area contributed by atoms with E-state index in [-0.39, 0.29) is 0 Å². The molecule has 15 heavy (non-hydrogen) atoms. The molecule has 0 aliphatic carbocycles. The monoisotopic (exact) mass is 205 g/mol. The SMILES string of the molecule is NCC1CCNC(c2cccc(N)c2)C1. The Bertz CT molecular complexity index is 324. The number of nitrogens with one attached hydrogen (secondary N) is 1. The van der Waals surface area contributed by atoms with Gasteiger partial charge in [0.1, 0.15) is 0 Å². The molecular formula is C12H19N3. The summed E-state index contributed by atoms with van der Waals surface area (Å²) >= 11 is 0. The third-order valence-electron chi connectivity index (χ3n) is 3.16. The molecule has 2 atom stereocenters. The van der Waals surface area contributed by atoms with Crippen molar-refractivity contribution in [1.82, 2.24) is 5.32 Å². The fraction of sp³-hybridized carbons (Fsp3) is 0.500. The van der Waals surface area contributed by atoms with Gasteiger partial charge in [-0.2, -0.15) is 0 Å². The van der Waals surface area contributed by atoms with E-state index in [0.717, 1.165) is 25.2 Å². The normalized spacial score (nSPS) is 26.5. The van der Waals surface area contributed by atoms with Crippen LogP contribution >= 0.6 is 0 Å². The summed E-state index contributed by atoms with van der Waals surface area (Å²) in [7, 11) is 0. The topological polar surface area (TPSA) is 64.1 Å². The van der Waals surface area contributed by atoms with Crippen LogP contribution in [-0.2, 0) is 0 Å². The van der Waals surface area contributed by atoms with Crippen LogP contribution in [0.3, 0.4) is 0 Å². The zero-order valence-electron chi connectivity index (χ0n) is 8.95. The third kappa shape index (κ3) is 2.49. The number of hydrogen-bond donors (Lipinski definition) is 3. The summed E-state index contributed by atoms with van der Waals surface area (Å²) in [5.41, 5.74) is 13.6. The molecule has 3 heteroatoms. The van der Waals surface area contributed by atoms with Gasteiger partial charge in [-0.25, -0.2) is 0 Å². The zero-order valence-corrected chi connectivity index (χ0v) is 8.95. The van der Waals surface area contributed by atoms with Crippen molar-refractivity contribution in [2.75, 3.05) is 18.8 Å². The van der Waals surface area contributed by atoms with Crippen molar-refractivity contribution in [3.8, 4) is 0 Å². The van der Waals surface area contributed by atoms with Crippen LogP contribution in [0.25, 0.3) is 0 Å². The minimum absolute atomic E-state index is 0.427. The molecule has 0 aromatic heterocycles. The van der Waals surface area contributed by atoms with E-state index in [1.807, 2.05) is 12.1 Å². The van der Waals surface area contributed by atoms with Gasteiger partial charge in [-0.3, -0.25) is 0 Å². The largest absolute Gasteiger partial charge is 0.399 e. The molecule has 0 radical (unpaired) electrons. The first kappa shape index (κ1) is 10.5. The summed E-state index contributed by atoms with van der Waals surface area (Å²) in [6.45, 7) is 1.85. The summed E-state index contributed by atoms with van der Waals surface area (Å²) in [6, 6.07) is 8.55. The number of nitrogens with two attached hydrogens (primary N) is 2. The minimum atomic E-state index is 0.427. The second kappa shape index (κ2) is 4.64. The van der Waals surface area contributed by atoms with Crippen molar-refractivity contribution in [3.63, 3.8) is 0 Å². The molecule has 1 aromatic rings. The quantitative estimate of drug-likeness (QED) is 0.637. The Morgan fingerprint density at radius 2 is 2.27 bits per heavy atom. The lowest BCUT2D eigenvalue weighted by atomic mass is 9.89. The fourth-order valence-electron chi connectivity index (χ4n) is 2.24. The van der Waals surface area contributed by atoms with E-state index in [2.05, 4.69) is 17.4 Å². The van der Waals surface area contributed by atoms with Gasteiger partial charge in [0.2, 0.25) is 0 Å². The van der Waals surface area contributed by atoms with Crippen molar-refractivity contribution in [2.24, 2.45) is 11.7 Å². The molecule has 2 rings (SSSR count). The number of benzene rings is 1. The van der Waals surface area contributed by atoms with Crippen LogP contribution in [0, 0.1) is 5.92 Å². The van der Waals surface area contributed by atoms with E-state index in [4.69, 9.17) is 11.5 Å². The predicted octanol–water partition coefficient (Wildman–Crippen LogP) is 1.27. The average Bonchev–Trinajstić information content (AvgIpc) is 2.29. The van der Waals surface area contributed by atoms with Gasteiger partial charge >= 0.3 is 0 Å². The zero-order chi connectivity index (χ0) is 10.7. The molecule has 0 bridgehead atoms. The maximum absolute atomic E-state index is 5.78. The summed E-state index contributed by atoms with van der Waals surface area (Å²) < 4.78 is 0. The Morgan fingerprint density at radius 1 is 1.40 bits per heavy atom. The molecule has 82 valence electrons. The molecule has 0 saturated carbocycles. The number of hydrogen-bond acceptors (Lipinski definition) is 3. The van der Waals surface area contributed by atoms with Crippen molar-refractivity contribution < 1.29 is 0 Å². The van der Waals surface area contributed by atoms with Crippen LogP contribution in [0.1, 0.15) is 24.4 Å². The van der Waals surface area contributed by atoms with Crippen LogP contribution < -0.4 is 16.8 Å². The Morgan fingerprint density at radius 3 is 3.00 bits per heavy atom. The summed E-state index contributed by atoms with van der Waals surface area (Å²) in [5.74, 6) is 0.651. The second-order valence-corrected chi connectivity index (χ2v) is 4.30. The molecule has 0 amide bonds. The molecule has 0 spiro atoms. The maximum atomic E-state index is 5.78. The summed E-state index contributed by atoms with van der Waals surface area (Å²) in [5, 5.41) is 3.52. The lowest BCUT2D eigenvalue weighted by Gasteiger charge is -2.30. The molecule has 2 unspecified atom stereocenters. The van der Waals surface area contributed by atoms with E-state index in [0.29, 0.717) is 12.0 Å². The summed E-state index contributed by atoms with van der Waals surface area (Å²) in [4.78, 5) is 0. The molecule has 1 aromatic carbocycles. The Kier molecular flexibility index (Phi) is 3.23. The van der Waals surface area contributed by atoms with Crippen molar-refractivity contribution in [1.29, 1.82) is 0 Å². The van der Waals surface area contributed by atoms with Gasteiger partial charge in [0.05, 0.1) is 0 Å². The van der Waals surface area contributed by atoms with Gasteiger partial charge in [0.25, 0.3) is 0 Å². The first-order valence-corrected chi connectivity index (χ1v) is 5.58. The van der Waals surface area contributed by atoms with Gasteiger partial charge in [-0.05, 0) is 49.5 Å². The standard InChI is InChI=1S/C12H19N3/c13-8-9-4-5-15-12(6-9)10-2-1-3-11(14)7-10/h1-3,7,9,12,15H,4-6,8,13-14H2. The second-order valence-electron chi connectivity index (χ2n) is 4.30. The predicted molar refractivity (Wildman–Crippen MR) is 63.4 cm³/mol. The smallest absolute Gasteiger partial charge is 0.0324 e. The van der Waals surface area contributed by atoms with Crippen molar-refractivity contribution >= 4 is 5.69 Å². The number of rotatable bonds is 2. The number of piperidine rings is 1. The highest BCUT2D eigenvalue weighted by molar-refractivity contribution is 5.41. The van der Waals surface area contributed by atoms with Gasteiger partial charge in [-0.1, -0.05) is 12.1 Å². The van der Waals surface area contributed by atoms with Crippen molar-refractivity contribution in [2.45, 2.75) is 18.9 Å². The molecule has 5 N–H and O–H groups in total. The molecule has 1 fully saturated rings. The van der Waals surface area contributed by atoms with E-state index >= 15 is 0 Å². The van der Waals surface area contributed by atoms with Crippen LogP contribution in [0.2, 0.25) is 0 Å². The first-order chi connectivity index (χ1) is 7.29. The van der Waals surface area contributed by atoms with Gasteiger partial charge in [0.15, 0.2) is 0 Å².